The second-order valence-electron chi connectivity index (χ2n) is 2.98. The molecular weight excluding hydrogens is 216 g/mol. The minimum Gasteiger partial charge on any atom is -0.311 e. The van der Waals surface area contributed by atoms with Crippen molar-refractivity contribution in [1.29, 1.82) is 0 Å². The molecular formula is C10H11ClN2S. The van der Waals surface area contributed by atoms with E-state index in [9.17, 15) is 0 Å². The largest absolute Gasteiger partial charge is 0.311 e. The average Bonchev–Trinajstić information content (AvgIpc) is 2.59. The highest BCUT2D eigenvalue weighted by Gasteiger charge is 2.05. The van der Waals surface area contributed by atoms with Crippen molar-refractivity contribution < 1.29 is 0 Å². The third-order valence-corrected chi connectivity index (χ3v) is 3.47. The molecule has 0 saturated heterocycles. The molecule has 0 aliphatic heterocycles. The van der Waals surface area contributed by atoms with Crippen LogP contribution in [-0.4, -0.2) is 11.5 Å². The predicted molar refractivity (Wildman–Crippen MR) is 62.0 cm³/mol. The second kappa shape index (κ2) is 4.26. The van der Waals surface area contributed by atoms with Gasteiger partial charge in [-0.3, -0.25) is 0 Å². The van der Waals surface area contributed by atoms with Gasteiger partial charge in [0.15, 0.2) is 0 Å². The second-order valence-corrected chi connectivity index (χ2v) is 4.47. The monoisotopic (exact) mass is 226 g/mol. The first kappa shape index (κ1) is 9.90. The van der Waals surface area contributed by atoms with Gasteiger partial charge in [-0.05, 0) is 18.7 Å². The Morgan fingerprint density at radius 3 is 3.07 bits per heavy atom. The van der Waals surface area contributed by atoms with Gasteiger partial charge in [-0.15, -0.1) is 11.3 Å². The Hall–Kier alpha value is -0.640. The smallest absolute Gasteiger partial charge is 0.108 e. The zero-order chi connectivity index (χ0) is 9.97. The number of benzene rings is 1. The molecule has 2 aromatic rings. The molecule has 1 heterocycles. The van der Waals surface area contributed by atoms with Gasteiger partial charge >= 0.3 is 0 Å². The highest BCUT2D eigenvalue weighted by atomic mass is 35.5. The van der Waals surface area contributed by atoms with Crippen LogP contribution in [0.2, 0.25) is 5.02 Å². The lowest BCUT2D eigenvalue weighted by Gasteiger charge is -1.93. The van der Waals surface area contributed by atoms with Gasteiger partial charge in [-0.1, -0.05) is 24.6 Å². The lowest BCUT2D eigenvalue weighted by atomic mass is 10.3. The van der Waals surface area contributed by atoms with E-state index in [1.54, 1.807) is 11.3 Å². The molecule has 0 amide bonds. The molecule has 0 spiro atoms. The topological polar surface area (TPSA) is 24.9 Å². The van der Waals surface area contributed by atoms with Crippen molar-refractivity contribution in [3.05, 3.63) is 28.2 Å². The number of hydrogen-bond donors (Lipinski definition) is 1. The first-order valence-electron chi connectivity index (χ1n) is 4.56. The maximum atomic E-state index is 6.05. The Kier molecular flexibility index (Phi) is 3.01. The van der Waals surface area contributed by atoms with E-state index in [1.807, 2.05) is 18.2 Å². The van der Waals surface area contributed by atoms with Crippen molar-refractivity contribution in [3.63, 3.8) is 0 Å². The van der Waals surface area contributed by atoms with Crippen LogP contribution in [0, 0.1) is 0 Å². The minimum absolute atomic E-state index is 0.794. The summed E-state index contributed by atoms with van der Waals surface area (Å²) in [6.45, 7) is 3.87. The van der Waals surface area contributed by atoms with E-state index in [4.69, 9.17) is 11.6 Å². The molecule has 0 unspecified atom stereocenters. The van der Waals surface area contributed by atoms with Crippen LogP contribution in [0.15, 0.2) is 18.2 Å². The van der Waals surface area contributed by atoms with Crippen LogP contribution < -0.4 is 5.32 Å². The van der Waals surface area contributed by atoms with Crippen LogP contribution in [-0.2, 0) is 6.54 Å². The van der Waals surface area contributed by atoms with Crippen molar-refractivity contribution in [2.24, 2.45) is 0 Å². The molecule has 0 radical (unpaired) electrons. The fourth-order valence-corrected chi connectivity index (χ4v) is 2.49. The number of nitrogens with one attached hydrogen (secondary N) is 1. The summed E-state index contributed by atoms with van der Waals surface area (Å²) in [6, 6.07) is 5.83. The highest BCUT2D eigenvalue weighted by Crippen LogP contribution is 2.28. The molecule has 0 aliphatic carbocycles. The number of thiazole rings is 1. The van der Waals surface area contributed by atoms with E-state index in [2.05, 4.69) is 17.2 Å². The predicted octanol–water partition coefficient (Wildman–Crippen LogP) is 3.06. The average molecular weight is 227 g/mol. The van der Waals surface area contributed by atoms with Crippen molar-refractivity contribution in [1.82, 2.24) is 10.3 Å². The number of halogens is 1. The lowest BCUT2D eigenvalue weighted by molar-refractivity contribution is 0.724. The first-order chi connectivity index (χ1) is 6.81. The van der Waals surface area contributed by atoms with Crippen LogP contribution in [0.1, 0.15) is 11.9 Å². The summed E-state index contributed by atoms with van der Waals surface area (Å²) in [5.41, 5.74) is 0.996. The highest BCUT2D eigenvalue weighted by molar-refractivity contribution is 7.19. The Morgan fingerprint density at radius 2 is 2.36 bits per heavy atom. The molecule has 0 saturated carbocycles. The summed E-state index contributed by atoms with van der Waals surface area (Å²) in [4.78, 5) is 4.48. The Labute approximate surface area is 91.9 Å². The first-order valence-corrected chi connectivity index (χ1v) is 5.75. The molecule has 2 nitrogen and oxygen atoms in total. The Morgan fingerprint density at radius 1 is 1.50 bits per heavy atom. The van der Waals surface area contributed by atoms with Crippen LogP contribution in [0.4, 0.5) is 0 Å². The Balaban J connectivity index is 2.36. The zero-order valence-corrected chi connectivity index (χ0v) is 9.45. The summed E-state index contributed by atoms with van der Waals surface area (Å²) in [5.74, 6) is 0. The molecule has 74 valence electrons. The molecule has 4 heteroatoms. The molecule has 14 heavy (non-hydrogen) atoms. The van der Waals surface area contributed by atoms with Gasteiger partial charge in [0.1, 0.15) is 5.01 Å². The molecule has 0 atom stereocenters. The van der Waals surface area contributed by atoms with Crippen molar-refractivity contribution in [2.75, 3.05) is 6.54 Å². The van der Waals surface area contributed by atoms with Gasteiger partial charge in [0.25, 0.3) is 0 Å². The summed E-state index contributed by atoms with van der Waals surface area (Å²) in [5, 5.41) is 5.14. The van der Waals surface area contributed by atoms with Gasteiger partial charge in [0.2, 0.25) is 0 Å². The van der Waals surface area contributed by atoms with Crippen LogP contribution in [0.25, 0.3) is 10.2 Å². The van der Waals surface area contributed by atoms with Gasteiger partial charge in [-0.25, -0.2) is 4.98 Å². The molecule has 0 fully saturated rings. The summed E-state index contributed by atoms with van der Waals surface area (Å²) in [6.07, 6.45) is 0. The Bertz CT molecular complexity index is 439. The fraction of sp³-hybridized carbons (Fsp3) is 0.300. The quantitative estimate of drug-likeness (QED) is 0.870. The molecule has 1 aromatic heterocycles. The minimum atomic E-state index is 0.794. The SMILES string of the molecule is CCNCc1nc2cccc(Cl)c2s1. The third-order valence-electron chi connectivity index (χ3n) is 1.94. The van der Waals surface area contributed by atoms with E-state index < -0.39 is 0 Å². The molecule has 0 bridgehead atoms. The van der Waals surface area contributed by atoms with Crippen LogP contribution in [0.5, 0.6) is 0 Å². The maximum absolute atomic E-state index is 6.05. The standard InChI is InChI=1S/C10H11ClN2S/c1-2-12-6-9-13-8-5-3-4-7(11)10(8)14-9/h3-5,12H,2,6H2,1H3. The molecule has 0 aliphatic rings. The number of rotatable bonds is 3. The van der Waals surface area contributed by atoms with Crippen molar-refractivity contribution in [3.8, 4) is 0 Å². The maximum Gasteiger partial charge on any atom is 0.108 e. The normalized spacial score (nSPS) is 11.0. The van der Waals surface area contributed by atoms with E-state index in [-0.39, 0.29) is 0 Å². The van der Waals surface area contributed by atoms with Crippen molar-refractivity contribution >= 4 is 33.2 Å². The van der Waals surface area contributed by atoms with E-state index in [0.29, 0.717) is 0 Å². The van der Waals surface area contributed by atoms with E-state index in [0.717, 1.165) is 33.3 Å². The fourth-order valence-electron chi connectivity index (χ4n) is 1.27. The third kappa shape index (κ3) is 1.90. The van der Waals surface area contributed by atoms with Crippen LogP contribution in [0.3, 0.4) is 0 Å². The summed E-state index contributed by atoms with van der Waals surface area (Å²) >= 11 is 7.71. The van der Waals surface area contributed by atoms with Gasteiger partial charge in [0, 0.05) is 6.54 Å². The van der Waals surface area contributed by atoms with Gasteiger partial charge < -0.3 is 5.32 Å². The van der Waals surface area contributed by atoms with Crippen molar-refractivity contribution in [2.45, 2.75) is 13.5 Å². The summed E-state index contributed by atoms with van der Waals surface area (Å²) in [7, 11) is 0. The molecule has 2 rings (SSSR count). The molecule has 1 aromatic carbocycles. The van der Waals surface area contributed by atoms with Gasteiger partial charge in [0.05, 0.1) is 15.2 Å². The number of nitrogens with zero attached hydrogens (tertiary/aromatic N) is 1. The number of hydrogen-bond acceptors (Lipinski definition) is 3. The zero-order valence-electron chi connectivity index (χ0n) is 7.88. The molecule has 1 N–H and O–H groups in total. The van der Waals surface area contributed by atoms with Crippen LogP contribution >= 0.6 is 22.9 Å². The van der Waals surface area contributed by atoms with E-state index in [1.165, 1.54) is 0 Å². The summed E-state index contributed by atoms with van der Waals surface area (Å²) < 4.78 is 1.09. The van der Waals surface area contributed by atoms with E-state index >= 15 is 0 Å². The van der Waals surface area contributed by atoms with Gasteiger partial charge in [-0.2, -0.15) is 0 Å². The number of aromatic nitrogens is 1. The number of fused-ring (bicyclic) bond motifs is 1. The lowest BCUT2D eigenvalue weighted by Crippen LogP contribution is -2.11.